The van der Waals surface area contributed by atoms with Crippen LogP contribution in [-0.4, -0.2) is 29.9 Å². The number of allylic oxidation sites excluding steroid dienone is 5. The minimum atomic E-state index is -0.364. The number of benzene rings is 5. The molecule has 0 saturated heterocycles. The normalized spacial score (nSPS) is 12.1. The Morgan fingerprint density at radius 2 is 1.22 bits per heavy atom. The molecule has 1 aromatic heterocycles. The van der Waals surface area contributed by atoms with Crippen molar-refractivity contribution in [3.8, 4) is 17.2 Å². The molecule has 1 aliphatic carbocycles. The highest BCUT2D eigenvalue weighted by molar-refractivity contribution is 7.18. The molecule has 0 bridgehead atoms. The topological polar surface area (TPSA) is 33.3 Å². The van der Waals surface area contributed by atoms with Crippen LogP contribution < -0.4 is 9.80 Å². The molecule has 0 amide bonds. The van der Waals surface area contributed by atoms with Crippen LogP contribution in [0.1, 0.15) is 59.0 Å². The first-order valence-electron chi connectivity index (χ1n) is 20.1. The van der Waals surface area contributed by atoms with E-state index in [1.807, 2.05) is 24.3 Å². The lowest BCUT2D eigenvalue weighted by molar-refractivity contribution is -0.435. The first-order valence-corrected chi connectivity index (χ1v) is 20.9. The molecule has 1 heterocycles. The SMILES string of the molecule is CCN(c1ccccc1)c1sc(C(=C2C=CC(=[N+](CC)c3c(C)cccc3C)C=C2)c2ccc(N(CC)c3c(C)cccc3C)cc2)c(-c2ccccc2F)c1C#N. The molecule has 6 aromatic rings. The number of nitrogens with zero attached hydrogens (tertiary/aromatic N) is 4. The third kappa shape index (κ3) is 7.58. The van der Waals surface area contributed by atoms with Crippen LogP contribution in [-0.2, 0) is 0 Å². The Morgan fingerprint density at radius 1 is 0.655 bits per heavy atom. The van der Waals surface area contributed by atoms with Gasteiger partial charge in [-0.3, -0.25) is 0 Å². The average molecular weight is 782 g/mol. The number of para-hydroxylation sites is 3. The fraction of sp³-hybridized carbons (Fsp3) is 0.192. The van der Waals surface area contributed by atoms with Crippen molar-refractivity contribution in [1.82, 2.24) is 0 Å². The lowest BCUT2D eigenvalue weighted by Gasteiger charge is -2.27. The number of nitriles is 1. The van der Waals surface area contributed by atoms with E-state index in [1.54, 1.807) is 23.5 Å². The van der Waals surface area contributed by atoms with Crippen molar-refractivity contribution >= 4 is 50.4 Å². The van der Waals surface area contributed by atoms with Crippen LogP contribution in [0.2, 0.25) is 0 Å². The fourth-order valence-electron chi connectivity index (χ4n) is 8.31. The third-order valence-electron chi connectivity index (χ3n) is 11.0. The zero-order valence-electron chi connectivity index (χ0n) is 34.5. The van der Waals surface area contributed by atoms with Crippen LogP contribution in [0, 0.1) is 44.8 Å². The van der Waals surface area contributed by atoms with Gasteiger partial charge in [-0.25, -0.2) is 4.39 Å². The summed E-state index contributed by atoms with van der Waals surface area (Å²) >= 11 is 1.55. The molecule has 58 heavy (non-hydrogen) atoms. The van der Waals surface area contributed by atoms with E-state index in [0.29, 0.717) is 23.2 Å². The van der Waals surface area contributed by atoms with E-state index in [0.717, 1.165) is 56.8 Å². The zero-order chi connectivity index (χ0) is 40.9. The molecule has 0 N–H and O–H groups in total. The second kappa shape index (κ2) is 17.5. The molecular formula is C52H50FN4S+. The summed E-state index contributed by atoms with van der Waals surface area (Å²) in [5.41, 5.74) is 14.9. The number of aryl methyl sites for hydroxylation is 4. The summed E-state index contributed by atoms with van der Waals surface area (Å²) in [7, 11) is 0. The molecule has 0 unspecified atom stereocenters. The van der Waals surface area contributed by atoms with E-state index in [9.17, 15) is 5.26 Å². The molecule has 0 atom stereocenters. The number of anilines is 4. The Hall–Kier alpha value is -6.29. The molecule has 4 nitrogen and oxygen atoms in total. The first-order chi connectivity index (χ1) is 28.2. The smallest absolute Gasteiger partial charge is 0.211 e. The largest absolute Gasteiger partial charge is 0.341 e. The number of hydrogen-bond donors (Lipinski definition) is 0. The summed E-state index contributed by atoms with van der Waals surface area (Å²) in [6, 6.07) is 41.1. The Balaban J connectivity index is 1.49. The molecular weight excluding hydrogens is 732 g/mol. The van der Waals surface area contributed by atoms with Crippen LogP contribution in [0.15, 0.2) is 145 Å². The van der Waals surface area contributed by atoms with Gasteiger partial charge in [0, 0.05) is 75.0 Å². The first kappa shape index (κ1) is 39.9. The van der Waals surface area contributed by atoms with E-state index in [4.69, 9.17) is 0 Å². The van der Waals surface area contributed by atoms with Crippen LogP contribution in [0.25, 0.3) is 16.7 Å². The highest BCUT2D eigenvalue weighted by atomic mass is 32.1. The van der Waals surface area contributed by atoms with E-state index < -0.39 is 0 Å². The Kier molecular flexibility index (Phi) is 12.0. The van der Waals surface area contributed by atoms with Gasteiger partial charge in [0.25, 0.3) is 0 Å². The van der Waals surface area contributed by atoms with Crippen LogP contribution in [0.4, 0.5) is 32.1 Å². The third-order valence-corrected chi connectivity index (χ3v) is 12.2. The summed E-state index contributed by atoms with van der Waals surface area (Å²) in [4.78, 5) is 5.36. The van der Waals surface area contributed by atoms with E-state index in [2.05, 4.69) is 166 Å². The molecule has 290 valence electrons. The van der Waals surface area contributed by atoms with Gasteiger partial charge in [0.15, 0.2) is 0 Å². The monoisotopic (exact) mass is 781 g/mol. The number of hydrogen-bond acceptors (Lipinski definition) is 4. The van der Waals surface area contributed by atoms with Crippen molar-refractivity contribution in [1.29, 1.82) is 5.26 Å². The van der Waals surface area contributed by atoms with Crippen molar-refractivity contribution in [2.45, 2.75) is 48.5 Å². The van der Waals surface area contributed by atoms with Gasteiger partial charge in [-0.05, 0) is 113 Å². The average Bonchev–Trinajstić information content (AvgIpc) is 3.60. The van der Waals surface area contributed by atoms with Crippen molar-refractivity contribution in [3.63, 3.8) is 0 Å². The second-order valence-electron chi connectivity index (χ2n) is 14.6. The van der Waals surface area contributed by atoms with Gasteiger partial charge in [0.1, 0.15) is 23.4 Å². The highest BCUT2D eigenvalue weighted by Gasteiger charge is 2.29. The lowest BCUT2D eigenvalue weighted by atomic mass is 9.90. The quantitative estimate of drug-likeness (QED) is 0.123. The summed E-state index contributed by atoms with van der Waals surface area (Å²) in [6.07, 6.45) is 8.72. The van der Waals surface area contributed by atoms with Crippen LogP contribution >= 0.6 is 11.3 Å². The fourth-order valence-corrected chi connectivity index (χ4v) is 9.75. The summed E-state index contributed by atoms with van der Waals surface area (Å²) in [5, 5.41) is 11.8. The minimum absolute atomic E-state index is 0.364. The predicted molar refractivity (Wildman–Crippen MR) is 244 cm³/mol. The minimum Gasteiger partial charge on any atom is -0.341 e. The number of thiophene rings is 1. The highest BCUT2D eigenvalue weighted by Crippen LogP contribution is 2.50. The van der Waals surface area contributed by atoms with Gasteiger partial charge in [-0.2, -0.15) is 9.84 Å². The number of rotatable bonds is 11. The molecule has 1 aliphatic rings. The van der Waals surface area contributed by atoms with Crippen LogP contribution in [0.5, 0.6) is 0 Å². The maximum Gasteiger partial charge on any atom is 0.211 e. The summed E-state index contributed by atoms with van der Waals surface area (Å²) < 4.78 is 18.5. The van der Waals surface area contributed by atoms with E-state index >= 15 is 4.39 Å². The van der Waals surface area contributed by atoms with E-state index in [-0.39, 0.29) is 5.82 Å². The van der Waals surface area contributed by atoms with E-state index in [1.165, 1.54) is 39.7 Å². The maximum atomic E-state index is 16.1. The van der Waals surface area contributed by atoms with Gasteiger partial charge in [0.2, 0.25) is 11.4 Å². The zero-order valence-corrected chi connectivity index (χ0v) is 35.3. The molecule has 0 radical (unpaired) electrons. The molecule has 0 spiro atoms. The van der Waals surface area contributed by atoms with Crippen molar-refractivity contribution in [3.05, 3.63) is 189 Å². The van der Waals surface area contributed by atoms with Gasteiger partial charge in [-0.1, -0.05) is 84.9 Å². The molecule has 6 heteroatoms. The van der Waals surface area contributed by atoms with Crippen molar-refractivity contribution in [2.24, 2.45) is 0 Å². The molecule has 5 aromatic carbocycles. The van der Waals surface area contributed by atoms with Crippen LogP contribution in [0.3, 0.4) is 0 Å². The van der Waals surface area contributed by atoms with Gasteiger partial charge >= 0.3 is 0 Å². The summed E-state index contributed by atoms with van der Waals surface area (Å²) in [5.74, 6) is -0.364. The lowest BCUT2D eigenvalue weighted by Crippen LogP contribution is -2.18. The van der Waals surface area contributed by atoms with Crippen molar-refractivity contribution < 1.29 is 8.97 Å². The Morgan fingerprint density at radius 3 is 1.79 bits per heavy atom. The molecule has 0 saturated carbocycles. The number of halogens is 1. The molecule has 0 aliphatic heterocycles. The Bertz CT molecular complexity index is 2580. The van der Waals surface area contributed by atoms with Gasteiger partial charge in [-0.15, -0.1) is 11.3 Å². The predicted octanol–water partition coefficient (Wildman–Crippen LogP) is 13.7. The van der Waals surface area contributed by atoms with Gasteiger partial charge < -0.3 is 9.80 Å². The summed E-state index contributed by atoms with van der Waals surface area (Å²) in [6.45, 7) is 17.3. The second-order valence-corrected chi connectivity index (χ2v) is 15.6. The molecule has 7 rings (SSSR count). The maximum absolute atomic E-state index is 16.1. The molecule has 0 fully saturated rings. The van der Waals surface area contributed by atoms with Crippen molar-refractivity contribution in [2.75, 3.05) is 29.4 Å². The Labute approximate surface area is 347 Å². The van der Waals surface area contributed by atoms with Gasteiger partial charge in [0.05, 0.1) is 5.56 Å². The standard InChI is InChI=1S/C52H50FN4S/c1-8-55(49-35(4)18-16-19-36(49)5)42-30-26-39(27-31-42)47(40-28-32-43(33-29-40)56(9-2)50-37(6)20-17-21-38(50)7)51-48(44-24-14-15-25-46(44)53)45(34-54)52(58-51)57(10-3)41-22-12-11-13-23-41/h11-33H,8-10H2,1-7H3/q+1.